The van der Waals surface area contributed by atoms with E-state index in [0.29, 0.717) is 10.8 Å². The molecule has 0 N–H and O–H groups in total. The van der Waals surface area contributed by atoms with Gasteiger partial charge >= 0.3 is 5.97 Å². The van der Waals surface area contributed by atoms with Crippen molar-refractivity contribution in [2.45, 2.75) is 40.5 Å². The highest BCUT2D eigenvalue weighted by atomic mass is 32.2. The first-order valence-corrected chi connectivity index (χ1v) is 9.56. The van der Waals surface area contributed by atoms with Crippen LogP contribution in [-0.2, 0) is 25.4 Å². The van der Waals surface area contributed by atoms with Gasteiger partial charge in [-0.05, 0) is 24.3 Å². The highest BCUT2D eigenvalue weighted by Crippen LogP contribution is 2.18. The van der Waals surface area contributed by atoms with E-state index in [1.165, 1.54) is 21.8 Å². The van der Waals surface area contributed by atoms with Crippen LogP contribution in [0, 0.1) is 0 Å². The summed E-state index contributed by atoms with van der Waals surface area (Å²) in [6.45, 7) is 11.4. The maximum absolute atomic E-state index is 11.9. The van der Waals surface area contributed by atoms with E-state index >= 15 is 0 Å². The molecule has 8 heteroatoms. The first-order valence-electron chi connectivity index (χ1n) is 8.39. The molecular formula is C18H26N2O5S. The fourth-order valence-electron chi connectivity index (χ4n) is 1.82. The Hall–Kier alpha value is -2.48. The third-order valence-electron chi connectivity index (χ3n) is 3.06. The lowest BCUT2D eigenvalue weighted by Crippen LogP contribution is -2.32. The number of imide groups is 1. The second kappa shape index (κ2) is 12.0. The van der Waals surface area contributed by atoms with Crippen LogP contribution in [0.3, 0.4) is 0 Å². The lowest BCUT2D eigenvalue weighted by atomic mass is 10.2. The Balaban J connectivity index is 0.00000146. The largest absolute Gasteiger partial charge is 0.363 e. The second-order valence-corrected chi connectivity index (χ2v) is 5.88. The van der Waals surface area contributed by atoms with E-state index in [4.69, 9.17) is 4.84 Å². The van der Waals surface area contributed by atoms with Crippen LogP contribution in [0.15, 0.2) is 36.3 Å². The number of rotatable bonds is 5. The lowest BCUT2D eigenvalue weighted by Gasteiger charge is -2.16. The summed E-state index contributed by atoms with van der Waals surface area (Å²) in [6.07, 6.45) is 0.0897. The predicted octanol–water partition coefficient (Wildman–Crippen LogP) is 3.20. The molecule has 1 aliphatic rings. The molecule has 0 aromatic heterocycles. The number of hydrogen-bond donors (Lipinski definition) is 0. The Morgan fingerprint density at radius 3 is 2.00 bits per heavy atom. The monoisotopic (exact) mass is 382 g/mol. The number of benzene rings is 1. The zero-order chi connectivity index (χ0) is 20.3. The molecule has 0 aliphatic carbocycles. The van der Waals surface area contributed by atoms with Gasteiger partial charge in [0, 0.05) is 31.0 Å². The number of carbonyl (C=O) groups is 3. The Morgan fingerprint density at radius 1 is 1.12 bits per heavy atom. The average molecular weight is 382 g/mol. The molecule has 7 nitrogen and oxygen atoms in total. The fraction of sp³-hybridized carbons (Fsp3) is 0.389. The van der Waals surface area contributed by atoms with Crippen LogP contribution in [0.1, 0.15) is 50.9 Å². The van der Waals surface area contributed by atoms with Gasteiger partial charge in [0.25, 0.3) is 11.8 Å². The van der Waals surface area contributed by atoms with E-state index < -0.39 is 28.8 Å². The minimum Gasteiger partial charge on any atom is -0.325 e. The van der Waals surface area contributed by atoms with Crippen molar-refractivity contribution < 1.29 is 23.4 Å². The Kier molecular flexibility index (Phi) is 10.8. The summed E-state index contributed by atoms with van der Waals surface area (Å²) in [5.74, 6) is -1.87. The van der Waals surface area contributed by atoms with Crippen LogP contribution in [0.25, 0.3) is 0 Å². The summed E-state index contributed by atoms with van der Waals surface area (Å²) < 4.78 is 13.0. The van der Waals surface area contributed by atoms with Crippen LogP contribution in [0.2, 0.25) is 0 Å². The van der Waals surface area contributed by atoms with E-state index in [9.17, 15) is 18.6 Å². The quantitative estimate of drug-likeness (QED) is 0.730. The molecule has 26 heavy (non-hydrogen) atoms. The third kappa shape index (κ3) is 6.11. The summed E-state index contributed by atoms with van der Waals surface area (Å²) in [5.41, 5.74) is 0.789. The summed E-state index contributed by atoms with van der Waals surface area (Å²) in [7, 11) is 0.248. The zero-order valence-electron chi connectivity index (χ0n) is 15.9. The molecule has 1 unspecified atom stereocenters. The Bertz CT molecular complexity index is 642. The average Bonchev–Trinajstić information content (AvgIpc) is 3.01. The van der Waals surface area contributed by atoms with E-state index in [-0.39, 0.29) is 18.4 Å². The fourth-order valence-corrected chi connectivity index (χ4v) is 2.37. The standard InChI is InChI=1S/C14H14N2O5S.2C2H6/c1-3-22(20)15(2)11-6-4-10(5-7-11)14(19)21-16-12(17)8-9-13(16)18;2*1-2/h3-7H,1,8-9H2,2H3;2*1-2H3. The Labute approximate surface area is 157 Å². The van der Waals surface area contributed by atoms with Crippen molar-refractivity contribution in [1.29, 1.82) is 0 Å². The van der Waals surface area contributed by atoms with Gasteiger partial charge in [0.15, 0.2) is 0 Å². The van der Waals surface area contributed by atoms with Crippen LogP contribution < -0.4 is 4.31 Å². The third-order valence-corrected chi connectivity index (χ3v) is 4.09. The molecule has 0 radical (unpaired) electrons. The van der Waals surface area contributed by atoms with Gasteiger partial charge in [-0.1, -0.05) is 34.3 Å². The first kappa shape index (κ1) is 23.5. The first-order chi connectivity index (χ1) is 12.4. The van der Waals surface area contributed by atoms with Crippen LogP contribution in [0.4, 0.5) is 5.69 Å². The molecule has 144 valence electrons. The molecule has 1 heterocycles. The Morgan fingerprint density at radius 2 is 1.58 bits per heavy atom. The van der Waals surface area contributed by atoms with Crippen molar-refractivity contribution in [3.63, 3.8) is 0 Å². The molecule has 1 aromatic rings. The predicted molar refractivity (Wildman–Crippen MR) is 102 cm³/mol. The minimum absolute atomic E-state index is 0.0449. The van der Waals surface area contributed by atoms with E-state index in [2.05, 4.69) is 6.58 Å². The van der Waals surface area contributed by atoms with Crippen molar-refractivity contribution >= 4 is 34.5 Å². The number of carbonyl (C=O) groups excluding carboxylic acids is 3. The van der Waals surface area contributed by atoms with Gasteiger partial charge < -0.3 is 4.84 Å². The van der Waals surface area contributed by atoms with Crippen molar-refractivity contribution in [3.05, 3.63) is 41.8 Å². The number of hydrogen-bond acceptors (Lipinski definition) is 5. The van der Waals surface area contributed by atoms with Gasteiger partial charge in [-0.15, -0.1) is 5.06 Å². The maximum Gasteiger partial charge on any atom is 0.363 e. The second-order valence-electron chi connectivity index (χ2n) is 4.45. The molecule has 2 rings (SSSR count). The lowest BCUT2D eigenvalue weighted by molar-refractivity contribution is -0.172. The summed E-state index contributed by atoms with van der Waals surface area (Å²) in [5, 5.41) is 1.78. The van der Waals surface area contributed by atoms with Crippen molar-refractivity contribution in [3.8, 4) is 0 Å². The molecule has 2 amide bonds. The van der Waals surface area contributed by atoms with E-state index in [0.717, 1.165) is 0 Å². The van der Waals surface area contributed by atoms with Gasteiger partial charge in [-0.2, -0.15) is 0 Å². The molecule has 1 atom stereocenters. The minimum atomic E-state index is -1.37. The van der Waals surface area contributed by atoms with Gasteiger partial charge in [-0.25, -0.2) is 9.00 Å². The van der Waals surface area contributed by atoms with Crippen molar-refractivity contribution in [2.24, 2.45) is 0 Å². The van der Waals surface area contributed by atoms with Crippen molar-refractivity contribution in [1.82, 2.24) is 5.06 Å². The highest BCUT2D eigenvalue weighted by molar-refractivity contribution is 7.89. The van der Waals surface area contributed by atoms with Gasteiger partial charge in [-0.3, -0.25) is 13.9 Å². The summed E-state index contributed by atoms with van der Waals surface area (Å²) in [6, 6.07) is 6.07. The molecule has 0 saturated carbocycles. The van der Waals surface area contributed by atoms with Gasteiger partial charge in [0.1, 0.15) is 11.0 Å². The van der Waals surface area contributed by atoms with E-state index in [1.807, 2.05) is 27.7 Å². The molecule has 1 aromatic carbocycles. The summed E-state index contributed by atoms with van der Waals surface area (Å²) in [4.78, 5) is 39.5. The van der Waals surface area contributed by atoms with E-state index in [1.54, 1.807) is 19.2 Å². The molecule has 1 saturated heterocycles. The topological polar surface area (TPSA) is 84.0 Å². The molecule has 1 fully saturated rings. The maximum atomic E-state index is 11.9. The van der Waals surface area contributed by atoms with Crippen LogP contribution >= 0.6 is 0 Å². The van der Waals surface area contributed by atoms with Crippen LogP contribution in [-0.4, -0.2) is 34.1 Å². The zero-order valence-corrected chi connectivity index (χ0v) is 16.7. The molecule has 0 spiro atoms. The summed E-state index contributed by atoms with van der Waals surface area (Å²) >= 11 is 0. The molecule has 1 aliphatic heterocycles. The molecular weight excluding hydrogens is 356 g/mol. The van der Waals surface area contributed by atoms with Crippen molar-refractivity contribution in [2.75, 3.05) is 11.4 Å². The number of hydroxylamine groups is 2. The van der Waals surface area contributed by atoms with Crippen LogP contribution in [0.5, 0.6) is 0 Å². The number of anilines is 1. The van der Waals surface area contributed by atoms with Gasteiger partial charge in [0.2, 0.25) is 0 Å². The van der Waals surface area contributed by atoms with Gasteiger partial charge in [0.05, 0.1) is 5.56 Å². The normalized spacial score (nSPS) is 13.7. The smallest absolute Gasteiger partial charge is 0.325 e. The number of amides is 2. The SMILES string of the molecule is C=CS(=O)N(C)c1ccc(C(=O)ON2C(=O)CCC2=O)cc1.CC.CC. The molecule has 0 bridgehead atoms. The highest BCUT2D eigenvalue weighted by Gasteiger charge is 2.33. The number of nitrogens with zero attached hydrogens (tertiary/aromatic N) is 2.